The maximum absolute atomic E-state index is 12.7. The zero-order valence-corrected chi connectivity index (χ0v) is 12.9. The number of methoxy groups -OCH3 is 1. The highest BCUT2D eigenvalue weighted by Gasteiger charge is 2.63. The van der Waals surface area contributed by atoms with Gasteiger partial charge in [-0.25, -0.2) is 0 Å². The molecule has 1 aromatic carbocycles. The average molecular weight is 332 g/mol. The second-order valence-electron chi connectivity index (χ2n) is 6.55. The van der Waals surface area contributed by atoms with Crippen LogP contribution in [0.4, 0.5) is 11.4 Å². The number of nitro benzene ring substituents is 1. The molecule has 5 atom stereocenters. The van der Waals surface area contributed by atoms with Crippen molar-refractivity contribution in [2.45, 2.75) is 18.9 Å². The largest absolute Gasteiger partial charge is 0.494 e. The van der Waals surface area contributed by atoms with Crippen molar-refractivity contribution in [1.29, 1.82) is 0 Å². The summed E-state index contributed by atoms with van der Waals surface area (Å²) in [5.74, 6) is -0.776. The molecule has 8 heteroatoms. The van der Waals surface area contributed by atoms with Gasteiger partial charge >= 0.3 is 5.97 Å². The maximum atomic E-state index is 12.7. The fourth-order valence-electron chi connectivity index (χ4n) is 4.48. The van der Waals surface area contributed by atoms with E-state index in [1.54, 1.807) is 0 Å². The maximum Gasteiger partial charge on any atom is 0.310 e. The van der Waals surface area contributed by atoms with Gasteiger partial charge in [-0.05, 0) is 24.8 Å². The molecule has 2 saturated carbocycles. The Morgan fingerprint density at radius 3 is 2.92 bits per heavy atom. The number of hydrogen-bond donors (Lipinski definition) is 1. The van der Waals surface area contributed by atoms with E-state index in [1.807, 2.05) is 0 Å². The van der Waals surface area contributed by atoms with E-state index in [4.69, 9.17) is 9.47 Å². The van der Waals surface area contributed by atoms with Gasteiger partial charge in [0, 0.05) is 12.0 Å². The Hall–Kier alpha value is -2.64. The summed E-state index contributed by atoms with van der Waals surface area (Å²) in [6.07, 6.45) is 1.56. The number of nitrogens with zero attached hydrogens (tertiary/aromatic N) is 1. The number of anilines is 1. The topological polar surface area (TPSA) is 108 Å². The van der Waals surface area contributed by atoms with Gasteiger partial charge in [0.2, 0.25) is 5.91 Å². The van der Waals surface area contributed by atoms with Crippen LogP contribution in [0.25, 0.3) is 0 Å². The Kier molecular flexibility index (Phi) is 3.22. The number of carbonyl (C=O) groups is 2. The third-order valence-corrected chi connectivity index (χ3v) is 5.44. The standard InChI is InChI=1S/C16H16N2O6/c1-23-12-6-8(18(21)22)2-3-10(12)17-15(19)13-7-4-9-11(5-7)24-16(20)14(9)13/h2-3,6-7,9,11,13-14H,4-5H2,1H3,(H,17,19)/t7-,9-,11+,13-,14-/m1/s1. The molecule has 1 aliphatic heterocycles. The molecule has 126 valence electrons. The number of nitrogens with one attached hydrogen (secondary N) is 1. The SMILES string of the molecule is COc1cc([N+](=O)[O-])ccc1NC(=O)[C@@H]1[C@@H]2C[C@H]3[C@H]1C(=O)O[C@H]3C2. The fourth-order valence-corrected chi connectivity index (χ4v) is 4.48. The normalized spacial score (nSPS) is 32.5. The summed E-state index contributed by atoms with van der Waals surface area (Å²) in [7, 11) is 1.38. The number of amides is 1. The molecule has 4 rings (SSSR count). The lowest BCUT2D eigenvalue weighted by atomic mass is 9.79. The number of esters is 1. The van der Waals surface area contributed by atoms with Crippen molar-refractivity contribution in [3.8, 4) is 5.75 Å². The Balaban J connectivity index is 1.57. The first-order chi connectivity index (χ1) is 11.5. The number of benzene rings is 1. The molecule has 0 radical (unpaired) electrons. The van der Waals surface area contributed by atoms with E-state index in [-0.39, 0.29) is 47.2 Å². The van der Waals surface area contributed by atoms with Gasteiger partial charge < -0.3 is 14.8 Å². The zero-order chi connectivity index (χ0) is 17.0. The molecule has 1 heterocycles. The van der Waals surface area contributed by atoms with Crippen LogP contribution in [0.2, 0.25) is 0 Å². The number of hydrogen-bond acceptors (Lipinski definition) is 6. The zero-order valence-electron chi connectivity index (χ0n) is 12.9. The smallest absolute Gasteiger partial charge is 0.310 e. The third-order valence-electron chi connectivity index (χ3n) is 5.44. The molecule has 3 aliphatic rings. The molecule has 1 aromatic rings. The van der Waals surface area contributed by atoms with E-state index < -0.39 is 10.8 Å². The highest BCUT2D eigenvalue weighted by Crippen LogP contribution is 2.57. The van der Waals surface area contributed by atoms with Crippen LogP contribution < -0.4 is 10.1 Å². The molecular formula is C16H16N2O6. The summed E-state index contributed by atoms with van der Waals surface area (Å²) < 4.78 is 10.5. The summed E-state index contributed by atoms with van der Waals surface area (Å²) in [4.78, 5) is 35.0. The molecule has 2 aliphatic carbocycles. The van der Waals surface area contributed by atoms with E-state index in [0.717, 1.165) is 12.8 Å². The van der Waals surface area contributed by atoms with E-state index >= 15 is 0 Å². The molecule has 3 fully saturated rings. The van der Waals surface area contributed by atoms with Crippen molar-refractivity contribution in [2.24, 2.45) is 23.7 Å². The van der Waals surface area contributed by atoms with Crippen LogP contribution in [0.15, 0.2) is 18.2 Å². The Morgan fingerprint density at radius 1 is 1.42 bits per heavy atom. The van der Waals surface area contributed by atoms with Crippen molar-refractivity contribution in [3.05, 3.63) is 28.3 Å². The van der Waals surface area contributed by atoms with Crippen LogP contribution in [0.5, 0.6) is 5.75 Å². The van der Waals surface area contributed by atoms with Gasteiger partial charge in [-0.15, -0.1) is 0 Å². The highest BCUT2D eigenvalue weighted by molar-refractivity contribution is 5.98. The second-order valence-corrected chi connectivity index (χ2v) is 6.55. The summed E-state index contributed by atoms with van der Waals surface area (Å²) in [5.41, 5.74) is 0.241. The third kappa shape index (κ3) is 2.05. The van der Waals surface area contributed by atoms with Crippen molar-refractivity contribution in [3.63, 3.8) is 0 Å². The predicted octanol–water partition coefficient (Wildman–Crippen LogP) is 1.74. The first kappa shape index (κ1) is 14.9. The summed E-state index contributed by atoms with van der Waals surface area (Å²) in [6.45, 7) is 0. The van der Waals surface area contributed by atoms with Gasteiger partial charge in [-0.3, -0.25) is 19.7 Å². The van der Waals surface area contributed by atoms with Crippen LogP contribution >= 0.6 is 0 Å². The lowest BCUT2D eigenvalue weighted by Gasteiger charge is -2.23. The van der Waals surface area contributed by atoms with Gasteiger partial charge in [0.15, 0.2) is 0 Å². The van der Waals surface area contributed by atoms with Gasteiger partial charge in [0.25, 0.3) is 5.69 Å². The Bertz CT molecular complexity index is 746. The van der Waals surface area contributed by atoms with Crippen molar-refractivity contribution in [2.75, 3.05) is 12.4 Å². The first-order valence-electron chi connectivity index (χ1n) is 7.83. The summed E-state index contributed by atoms with van der Waals surface area (Å²) in [5, 5.41) is 13.6. The molecular weight excluding hydrogens is 316 g/mol. The van der Waals surface area contributed by atoms with Crippen LogP contribution in [-0.4, -0.2) is 30.0 Å². The number of ether oxygens (including phenoxy) is 2. The van der Waals surface area contributed by atoms with Crippen molar-refractivity contribution in [1.82, 2.24) is 0 Å². The van der Waals surface area contributed by atoms with Gasteiger partial charge in [0.1, 0.15) is 11.9 Å². The highest BCUT2D eigenvalue weighted by atomic mass is 16.6. The molecule has 0 spiro atoms. The number of carbonyl (C=O) groups excluding carboxylic acids is 2. The lowest BCUT2D eigenvalue weighted by molar-refractivity contribution is -0.384. The summed E-state index contributed by atoms with van der Waals surface area (Å²) in [6, 6.07) is 4.01. The fraction of sp³-hybridized carbons (Fsp3) is 0.500. The molecule has 24 heavy (non-hydrogen) atoms. The Labute approximate surface area is 137 Å². The van der Waals surface area contributed by atoms with Crippen LogP contribution in [0.3, 0.4) is 0 Å². The number of rotatable bonds is 4. The van der Waals surface area contributed by atoms with Crippen molar-refractivity contribution < 1.29 is 24.0 Å². The van der Waals surface area contributed by atoms with Crippen LogP contribution in [0.1, 0.15) is 12.8 Å². The van der Waals surface area contributed by atoms with Crippen molar-refractivity contribution >= 4 is 23.3 Å². The molecule has 1 saturated heterocycles. The van der Waals surface area contributed by atoms with Gasteiger partial charge in [-0.1, -0.05) is 0 Å². The quantitative estimate of drug-likeness (QED) is 0.511. The average Bonchev–Trinajstić information content (AvgIpc) is 3.16. The predicted molar refractivity (Wildman–Crippen MR) is 81.4 cm³/mol. The lowest BCUT2D eigenvalue weighted by Crippen LogP contribution is -2.35. The molecule has 0 unspecified atom stereocenters. The first-order valence-corrected chi connectivity index (χ1v) is 7.83. The van der Waals surface area contributed by atoms with E-state index in [0.29, 0.717) is 5.69 Å². The monoisotopic (exact) mass is 332 g/mol. The van der Waals surface area contributed by atoms with Gasteiger partial charge in [0.05, 0.1) is 35.6 Å². The number of non-ortho nitro benzene ring substituents is 1. The summed E-state index contributed by atoms with van der Waals surface area (Å²) >= 11 is 0. The minimum Gasteiger partial charge on any atom is -0.494 e. The van der Waals surface area contributed by atoms with E-state index in [9.17, 15) is 19.7 Å². The number of fused-ring (bicyclic) bond motifs is 1. The molecule has 1 amide bonds. The molecule has 1 N–H and O–H groups in total. The van der Waals surface area contributed by atoms with Crippen LogP contribution in [0, 0.1) is 33.8 Å². The van der Waals surface area contributed by atoms with Gasteiger partial charge in [-0.2, -0.15) is 0 Å². The van der Waals surface area contributed by atoms with E-state index in [2.05, 4.69) is 5.32 Å². The minimum atomic E-state index is -0.529. The molecule has 8 nitrogen and oxygen atoms in total. The van der Waals surface area contributed by atoms with E-state index in [1.165, 1.54) is 25.3 Å². The molecule has 2 bridgehead atoms. The number of nitro groups is 1. The molecule has 0 aromatic heterocycles. The second kappa shape index (κ2) is 5.19. The Morgan fingerprint density at radius 2 is 2.21 bits per heavy atom. The minimum absolute atomic E-state index is 0.0227. The van der Waals surface area contributed by atoms with Crippen LogP contribution in [-0.2, 0) is 14.3 Å².